The number of piperazine rings is 1. The Morgan fingerprint density at radius 2 is 2.23 bits per heavy atom. The predicted molar refractivity (Wildman–Crippen MR) is 83.3 cm³/mol. The van der Waals surface area contributed by atoms with Crippen LogP contribution in [-0.2, 0) is 11.3 Å². The van der Waals surface area contributed by atoms with Crippen LogP contribution in [0, 0.1) is 5.41 Å². The second-order valence-corrected chi connectivity index (χ2v) is 7.30. The van der Waals surface area contributed by atoms with E-state index in [1.807, 2.05) is 16.9 Å². The van der Waals surface area contributed by atoms with Crippen LogP contribution in [0.25, 0.3) is 0 Å². The van der Waals surface area contributed by atoms with E-state index < -0.39 is 0 Å². The minimum Gasteiger partial charge on any atom is -0.351 e. The van der Waals surface area contributed by atoms with E-state index in [0.29, 0.717) is 18.6 Å². The molecule has 1 amide bonds. The second kappa shape index (κ2) is 5.35. The highest BCUT2D eigenvalue weighted by Gasteiger charge is 2.51. The van der Waals surface area contributed by atoms with Crippen LogP contribution in [-0.4, -0.2) is 70.8 Å². The zero-order valence-corrected chi connectivity index (χ0v) is 13.2. The number of rotatable bonds is 4. The van der Waals surface area contributed by atoms with Crippen molar-refractivity contribution in [3.8, 4) is 0 Å². The Balaban J connectivity index is 1.35. The molecule has 1 aromatic rings. The summed E-state index contributed by atoms with van der Waals surface area (Å²) in [5.41, 5.74) is -0.202. The topological polar surface area (TPSA) is 53.4 Å². The molecule has 1 aliphatic carbocycles. The van der Waals surface area contributed by atoms with Gasteiger partial charge in [-0.25, -0.2) is 0 Å². The Hall–Kier alpha value is -1.40. The molecule has 0 unspecified atom stereocenters. The lowest BCUT2D eigenvalue weighted by Crippen LogP contribution is -2.48. The van der Waals surface area contributed by atoms with Gasteiger partial charge in [-0.05, 0) is 32.4 Å². The number of carbonyl (C=O) groups excluding carboxylic acids is 1. The molecule has 1 N–H and O–H groups in total. The summed E-state index contributed by atoms with van der Waals surface area (Å²) in [6.45, 7) is 5.13. The third-order valence-corrected chi connectivity index (χ3v) is 5.51. The Morgan fingerprint density at radius 1 is 1.36 bits per heavy atom. The first-order chi connectivity index (χ1) is 10.6. The molecule has 6 heteroatoms. The van der Waals surface area contributed by atoms with Crippen molar-refractivity contribution in [2.75, 3.05) is 33.2 Å². The summed E-state index contributed by atoms with van der Waals surface area (Å²) in [5, 5.41) is 7.57. The quantitative estimate of drug-likeness (QED) is 0.861. The molecule has 0 bridgehead atoms. The number of aromatic nitrogens is 2. The van der Waals surface area contributed by atoms with Crippen molar-refractivity contribution in [1.29, 1.82) is 0 Å². The Kier molecular flexibility index (Phi) is 3.46. The number of hydrogen-bond donors (Lipinski definition) is 1. The van der Waals surface area contributed by atoms with E-state index in [1.54, 1.807) is 6.20 Å². The van der Waals surface area contributed by atoms with Gasteiger partial charge in [0.05, 0.1) is 12.0 Å². The van der Waals surface area contributed by atoms with E-state index in [9.17, 15) is 4.79 Å². The SMILES string of the molecule is CN1CCN2C[C@@H](NC(=O)C3(Cn4cccn4)CC3)C[C@H]2C1. The molecule has 1 aromatic heterocycles. The lowest BCUT2D eigenvalue weighted by molar-refractivity contribution is -0.127. The average molecular weight is 303 g/mol. The molecule has 2 aliphatic heterocycles. The molecule has 0 radical (unpaired) electrons. The highest BCUT2D eigenvalue weighted by Crippen LogP contribution is 2.47. The molecule has 120 valence electrons. The molecule has 1 saturated carbocycles. The summed E-state index contributed by atoms with van der Waals surface area (Å²) in [6.07, 6.45) is 6.79. The molecule has 0 spiro atoms. The lowest BCUT2D eigenvalue weighted by Gasteiger charge is -2.34. The monoisotopic (exact) mass is 303 g/mol. The van der Waals surface area contributed by atoms with Crippen LogP contribution in [0.1, 0.15) is 19.3 Å². The van der Waals surface area contributed by atoms with Gasteiger partial charge in [-0.3, -0.25) is 14.4 Å². The summed E-state index contributed by atoms with van der Waals surface area (Å²) in [7, 11) is 2.19. The third kappa shape index (κ3) is 2.65. The van der Waals surface area contributed by atoms with Crippen LogP contribution < -0.4 is 5.32 Å². The van der Waals surface area contributed by atoms with Gasteiger partial charge < -0.3 is 10.2 Å². The van der Waals surface area contributed by atoms with Crippen LogP contribution in [0.3, 0.4) is 0 Å². The summed E-state index contributed by atoms with van der Waals surface area (Å²) in [4.78, 5) is 17.6. The van der Waals surface area contributed by atoms with E-state index >= 15 is 0 Å². The van der Waals surface area contributed by atoms with E-state index in [1.165, 1.54) is 0 Å². The predicted octanol–water partition coefficient (Wildman–Crippen LogP) is 0.168. The maximum atomic E-state index is 12.7. The van der Waals surface area contributed by atoms with Gasteiger partial charge in [0.2, 0.25) is 5.91 Å². The van der Waals surface area contributed by atoms with Gasteiger partial charge in [0.1, 0.15) is 0 Å². The van der Waals surface area contributed by atoms with Gasteiger partial charge in [-0.15, -0.1) is 0 Å². The Bertz CT molecular complexity index is 539. The summed E-state index contributed by atoms with van der Waals surface area (Å²) in [6, 6.07) is 2.85. The highest BCUT2D eigenvalue weighted by molar-refractivity contribution is 5.85. The molecular weight excluding hydrogens is 278 g/mol. The van der Waals surface area contributed by atoms with Gasteiger partial charge in [-0.2, -0.15) is 5.10 Å². The molecule has 2 saturated heterocycles. The summed E-state index contributed by atoms with van der Waals surface area (Å²) in [5.74, 6) is 0.237. The van der Waals surface area contributed by atoms with Crippen LogP contribution in [0.5, 0.6) is 0 Å². The molecule has 3 fully saturated rings. The molecule has 3 aliphatic rings. The van der Waals surface area contributed by atoms with E-state index in [0.717, 1.165) is 45.4 Å². The summed E-state index contributed by atoms with van der Waals surface area (Å²) >= 11 is 0. The number of carbonyl (C=O) groups is 1. The van der Waals surface area contributed by atoms with E-state index in [-0.39, 0.29) is 11.3 Å². The molecular formula is C16H25N5O. The van der Waals surface area contributed by atoms with Crippen molar-refractivity contribution in [3.63, 3.8) is 0 Å². The van der Waals surface area contributed by atoms with Crippen LogP contribution >= 0.6 is 0 Å². The zero-order valence-electron chi connectivity index (χ0n) is 13.2. The smallest absolute Gasteiger partial charge is 0.228 e. The lowest BCUT2D eigenvalue weighted by atomic mass is 10.0. The number of amides is 1. The van der Waals surface area contributed by atoms with Crippen LogP contribution in [0.4, 0.5) is 0 Å². The molecule has 0 aromatic carbocycles. The van der Waals surface area contributed by atoms with Gasteiger partial charge >= 0.3 is 0 Å². The highest BCUT2D eigenvalue weighted by atomic mass is 16.2. The van der Waals surface area contributed by atoms with E-state index in [4.69, 9.17) is 0 Å². The maximum Gasteiger partial charge on any atom is 0.228 e. The molecule has 6 nitrogen and oxygen atoms in total. The first kappa shape index (κ1) is 14.2. The summed E-state index contributed by atoms with van der Waals surface area (Å²) < 4.78 is 1.89. The largest absolute Gasteiger partial charge is 0.351 e. The number of nitrogens with one attached hydrogen (secondary N) is 1. The molecule has 3 heterocycles. The zero-order chi connectivity index (χ0) is 15.2. The van der Waals surface area contributed by atoms with Crippen LogP contribution in [0.15, 0.2) is 18.5 Å². The van der Waals surface area contributed by atoms with Crippen molar-refractivity contribution < 1.29 is 4.79 Å². The average Bonchev–Trinajstić information content (AvgIpc) is 2.91. The van der Waals surface area contributed by atoms with Gasteiger partial charge in [0.15, 0.2) is 0 Å². The second-order valence-electron chi connectivity index (χ2n) is 7.30. The van der Waals surface area contributed by atoms with Gasteiger partial charge in [-0.1, -0.05) is 0 Å². The van der Waals surface area contributed by atoms with Gasteiger partial charge in [0, 0.05) is 50.7 Å². The Labute approximate surface area is 131 Å². The van der Waals surface area contributed by atoms with Crippen molar-refractivity contribution in [2.24, 2.45) is 5.41 Å². The molecule has 2 atom stereocenters. The minimum absolute atomic E-state index is 0.202. The third-order valence-electron chi connectivity index (χ3n) is 5.51. The number of likely N-dealkylation sites (N-methyl/N-ethyl adjacent to an activating group) is 1. The van der Waals surface area contributed by atoms with Crippen molar-refractivity contribution in [2.45, 2.75) is 37.9 Å². The minimum atomic E-state index is -0.202. The van der Waals surface area contributed by atoms with Crippen molar-refractivity contribution >= 4 is 5.91 Å². The normalized spacial score (nSPS) is 31.0. The first-order valence-electron chi connectivity index (χ1n) is 8.36. The van der Waals surface area contributed by atoms with Crippen LogP contribution in [0.2, 0.25) is 0 Å². The van der Waals surface area contributed by atoms with Gasteiger partial charge in [0.25, 0.3) is 0 Å². The number of nitrogens with zero attached hydrogens (tertiary/aromatic N) is 4. The number of fused-ring (bicyclic) bond motifs is 1. The number of hydrogen-bond acceptors (Lipinski definition) is 4. The van der Waals surface area contributed by atoms with Crippen molar-refractivity contribution in [3.05, 3.63) is 18.5 Å². The fourth-order valence-corrected chi connectivity index (χ4v) is 3.95. The molecule has 22 heavy (non-hydrogen) atoms. The fourth-order valence-electron chi connectivity index (χ4n) is 3.95. The standard InChI is InChI=1S/C16H25N5O/c1-19-7-8-20-10-13(9-14(20)11-19)18-15(22)16(3-4-16)12-21-6-2-5-17-21/h2,5-6,13-14H,3-4,7-12H2,1H3,(H,18,22)/t13-,14-/m0/s1. The van der Waals surface area contributed by atoms with Crippen molar-refractivity contribution in [1.82, 2.24) is 24.9 Å². The molecule has 4 rings (SSSR count). The fraction of sp³-hybridized carbons (Fsp3) is 0.750. The first-order valence-corrected chi connectivity index (χ1v) is 8.36. The van der Waals surface area contributed by atoms with E-state index in [2.05, 4.69) is 27.3 Å². The Morgan fingerprint density at radius 3 is 2.95 bits per heavy atom. The maximum absolute atomic E-state index is 12.7.